The van der Waals surface area contributed by atoms with Gasteiger partial charge < -0.3 is 0 Å². The van der Waals surface area contributed by atoms with Gasteiger partial charge in [0.1, 0.15) is 0 Å². The second-order valence-corrected chi connectivity index (χ2v) is 1.20. The van der Waals surface area contributed by atoms with Gasteiger partial charge >= 0.3 is 0 Å². The van der Waals surface area contributed by atoms with Crippen LogP contribution < -0.4 is 0 Å². The van der Waals surface area contributed by atoms with Crippen LogP contribution in [0.25, 0.3) is 0 Å². The lowest BCUT2D eigenvalue weighted by molar-refractivity contribution is 1.14. The van der Waals surface area contributed by atoms with E-state index in [-0.39, 0.29) is 11.5 Å². The molecule has 0 fully saturated rings. The molecule has 0 atom stereocenters. The van der Waals surface area contributed by atoms with Crippen LogP contribution in [0.4, 0.5) is 0 Å². The minimum Gasteiger partial charge on any atom is -0.179 e. The molecule has 0 radical (unpaired) electrons. The third-order valence-electron chi connectivity index (χ3n) is 0.224. The normalized spacial score (nSPS) is 17.2. The SMILES string of the molecule is [2H]C([2H])(CS)CS. The van der Waals surface area contributed by atoms with Crippen molar-refractivity contribution in [1.29, 1.82) is 0 Å². The number of thiol groups is 2. The lowest BCUT2D eigenvalue weighted by atomic mass is 10.6. The van der Waals surface area contributed by atoms with E-state index < -0.39 is 6.37 Å². The summed E-state index contributed by atoms with van der Waals surface area (Å²) >= 11 is 7.51. The molecule has 0 aliphatic heterocycles. The third-order valence-corrected chi connectivity index (χ3v) is 0.671. The van der Waals surface area contributed by atoms with Gasteiger partial charge in [0.15, 0.2) is 0 Å². The Morgan fingerprint density at radius 2 is 1.80 bits per heavy atom. The molecule has 32 valence electrons. The summed E-state index contributed by atoms with van der Waals surface area (Å²) < 4.78 is 13.9. The molecule has 0 bridgehead atoms. The second kappa shape index (κ2) is 4.70. The first-order valence-corrected chi connectivity index (χ1v) is 2.60. The van der Waals surface area contributed by atoms with Crippen molar-refractivity contribution in [2.45, 2.75) is 6.37 Å². The molecule has 0 N–H and O–H groups in total. The Morgan fingerprint density at radius 1 is 1.40 bits per heavy atom. The van der Waals surface area contributed by atoms with Crippen LogP contribution in [0.5, 0.6) is 0 Å². The van der Waals surface area contributed by atoms with Crippen LogP contribution in [-0.2, 0) is 0 Å². The Morgan fingerprint density at radius 3 is 1.80 bits per heavy atom. The maximum absolute atomic E-state index is 6.94. The first kappa shape index (κ1) is 2.80. The Bertz CT molecular complexity index is 48.9. The summed E-state index contributed by atoms with van der Waals surface area (Å²) in [4.78, 5) is 0. The molecule has 0 saturated heterocycles. The molecule has 0 aromatic heterocycles. The van der Waals surface area contributed by atoms with Crippen LogP contribution in [0.1, 0.15) is 9.11 Å². The Kier molecular flexibility index (Phi) is 2.64. The molecule has 0 nitrogen and oxygen atoms in total. The molecule has 0 aliphatic carbocycles. The van der Waals surface area contributed by atoms with Gasteiger partial charge in [-0.2, -0.15) is 25.3 Å². The maximum atomic E-state index is 6.94. The Hall–Kier alpha value is 0.700. The van der Waals surface area contributed by atoms with Gasteiger partial charge in [-0.3, -0.25) is 0 Å². The van der Waals surface area contributed by atoms with Crippen molar-refractivity contribution >= 4 is 25.3 Å². The molecule has 0 spiro atoms. The molecule has 0 saturated carbocycles. The van der Waals surface area contributed by atoms with Crippen LogP contribution in [0.3, 0.4) is 0 Å². The highest BCUT2D eigenvalue weighted by Crippen LogP contribution is 1.83. The summed E-state index contributed by atoms with van der Waals surface area (Å²) in [5.74, 6) is 0.493. The van der Waals surface area contributed by atoms with E-state index >= 15 is 0 Å². The summed E-state index contributed by atoms with van der Waals surface area (Å²) in [5.41, 5.74) is 0. The van der Waals surface area contributed by atoms with Crippen molar-refractivity contribution in [2.24, 2.45) is 0 Å². The molecule has 0 aromatic carbocycles. The lowest BCUT2D eigenvalue weighted by Crippen LogP contribution is -1.71. The van der Waals surface area contributed by atoms with E-state index in [0.717, 1.165) is 0 Å². The van der Waals surface area contributed by atoms with Gasteiger partial charge in [0, 0.05) is 2.74 Å². The molecule has 0 amide bonds. The fourth-order valence-corrected chi connectivity index (χ4v) is 0.450. The minimum atomic E-state index is -1.19. The lowest BCUT2D eigenvalue weighted by Gasteiger charge is -1.78. The number of hydrogen-bond donors (Lipinski definition) is 2. The van der Waals surface area contributed by atoms with Gasteiger partial charge in [-0.25, -0.2) is 0 Å². The first-order chi connectivity index (χ1) is 3.12. The summed E-state index contributed by atoms with van der Waals surface area (Å²) in [6.07, 6.45) is -1.19. The molecule has 0 unspecified atom stereocenters. The third kappa shape index (κ3) is 4.70. The molecular weight excluding hydrogens is 100 g/mol. The predicted octanol–water partition coefficient (Wildman–Crippen LogP) is 1.24. The van der Waals surface area contributed by atoms with Gasteiger partial charge in [-0.15, -0.1) is 0 Å². The maximum Gasteiger partial charge on any atom is 0.0283 e. The molecule has 0 rings (SSSR count). The zero-order valence-corrected chi connectivity index (χ0v) is 4.60. The standard InChI is InChI=1S/C3H8S2/c4-2-1-3-5/h4-5H,1-3H2/i1D2. The number of rotatable bonds is 2. The summed E-state index contributed by atoms with van der Waals surface area (Å²) in [5, 5.41) is 0. The van der Waals surface area contributed by atoms with Gasteiger partial charge in [0.05, 0.1) is 0 Å². The van der Waals surface area contributed by atoms with Crippen molar-refractivity contribution in [3.63, 3.8) is 0 Å². The Balaban J connectivity index is 3.36. The van der Waals surface area contributed by atoms with E-state index in [1.54, 1.807) is 0 Å². The summed E-state index contributed by atoms with van der Waals surface area (Å²) in [7, 11) is 0. The molecule has 2 heteroatoms. The van der Waals surface area contributed by atoms with Crippen LogP contribution in [0.2, 0.25) is 0 Å². The van der Waals surface area contributed by atoms with Gasteiger partial charge in [-0.05, 0) is 17.9 Å². The van der Waals surface area contributed by atoms with Crippen molar-refractivity contribution in [3.05, 3.63) is 0 Å². The molecule has 0 aliphatic rings. The van der Waals surface area contributed by atoms with Crippen LogP contribution in [0.15, 0.2) is 0 Å². The first-order valence-electron chi connectivity index (χ1n) is 2.34. The zero-order chi connectivity index (χ0) is 5.91. The van der Waals surface area contributed by atoms with Crippen LogP contribution in [0, 0.1) is 0 Å². The molecule has 5 heavy (non-hydrogen) atoms. The summed E-state index contributed by atoms with van der Waals surface area (Å²) in [6, 6.07) is 0. The monoisotopic (exact) mass is 110 g/mol. The smallest absolute Gasteiger partial charge is 0.0283 e. The van der Waals surface area contributed by atoms with E-state index in [2.05, 4.69) is 25.3 Å². The van der Waals surface area contributed by atoms with E-state index in [1.165, 1.54) is 0 Å². The fraction of sp³-hybridized carbons (Fsp3) is 1.00. The highest BCUT2D eigenvalue weighted by Gasteiger charge is 1.69. The van der Waals surface area contributed by atoms with Crippen molar-refractivity contribution in [3.8, 4) is 0 Å². The average Bonchev–Trinajstić information content (AvgIpc) is 1.68. The minimum absolute atomic E-state index is 0.247. The van der Waals surface area contributed by atoms with Crippen molar-refractivity contribution < 1.29 is 2.74 Å². The second-order valence-electron chi connectivity index (χ2n) is 0.566. The van der Waals surface area contributed by atoms with Crippen molar-refractivity contribution in [2.75, 3.05) is 11.5 Å². The largest absolute Gasteiger partial charge is 0.179 e. The van der Waals surface area contributed by atoms with Crippen LogP contribution in [-0.4, -0.2) is 11.5 Å². The fourth-order valence-electron chi connectivity index (χ4n) is 0.0500. The highest BCUT2D eigenvalue weighted by molar-refractivity contribution is 7.81. The van der Waals surface area contributed by atoms with Gasteiger partial charge in [0.2, 0.25) is 0 Å². The average molecular weight is 110 g/mol. The van der Waals surface area contributed by atoms with E-state index in [4.69, 9.17) is 2.74 Å². The predicted molar refractivity (Wildman–Crippen MR) is 32.3 cm³/mol. The quantitative estimate of drug-likeness (QED) is 0.491. The molecule has 0 heterocycles. The zero-order valence-electron chi connectivity index (χ0n) is 4.81. The highest BCUT2D eigenvalue weighted by atomic mass is 32.1. The van der Waals surface area contributed by atoms with Gasteiger partial charge in [0.25, 0.3) is 0 Å². The van der Waals surface area contributed by atoms with Gasteiger partial charge in [-0.1, -0.05) is 0 Å². The Labute approximate surface area is 46.6 Å². The van der Waals surface area contributed by atoms with Crippen molar-refractivity contribution in [1.82, 2.24) is 0 Å². The summed E-state index contributed by atoms with van der Waals surface area (Å²) in [6.45, 7) is 0. The van der Waals surface area contributed by atoms with Crippen LogP contribution >= 0.6 is 25.3 Å². The van der Waals surface area contributed by atoms with E-state index in [1.807, 2.05) is 0 Å². The number of hydrogen-bond acceptors (Lipinski definition) is 2. The molecule has 0 aromatic rings. The topological polar surface area (TPSA) is 0 Å². The molecular formula is C3H8S2. The van der Waals surface area contributed by atoms with E-state index in [9.17, 15) is 0 Å². The van der Waals surface area contributed by atoms with E-state index in [0.29, 0.717) is 0 Å².